The van der Waals surface area contributed by atoms with E-state index in [2.05, 4.69) is 9.97 Å². The average Bonchev–Trinajstić information content (AvgIpc) is 2.26. The van der Waals surface area contributed by atoms with Crippen LogP contribution in [0.3, 0.4) is 0 Å². The van der Waals surface area contributed by atoms with Crippen LogP contribution in [0.4, 0.5) is 14.7 Å². The second kappa shape index (κ2) is 5.88. The molecule has 0 amide bonds. The van der Waals surface area contributed by atoms with Gasteiger partial charge in [-0.3, -0.25) is 0 Å². The number of carbonyl (C=O) groups is 1. The lowest BCUT2D eigenvalue weighted by atomic mass is 10.3. The van der Waals surface area contributed by atoms with Gasteiger partial charge in [0.15, 0.2) is 0 Å². The summed E-state index contributed by atoms with van der Waals surface area (Å²) in [5.41, 5.74) is 0.488. The highest BCUT2D eigenvalue weighted by molar-refractivity contribution is 5.85. The van der Waals surface area contributed by atoms with E-state index in [1.165, 1.54) is 30.4 Å². The first-order valence-corrected chi connectivity index (χ1v) is 4.71. The highest BCUT2D eigenvalue weighted by atomic mass is 19.3. The minimum Gasteiger partial charge on any atom is -0.478 e. The van der Waals surface area contributed by atoms with Gasteiger partial charge in [-0.2, -0.15) is 0 Å². The molecule has 0 spiro atoms. The van der Waals surface area contributed by atoms with Crippen LogP contribution in [0, 0.1) is 0 Å². The van der Waals surface area contributed by atoms with Gasteiger partial charge in [0.25, 0.3) is 6.43 Å². The summed E-state index contributed by atoms with van der Waals surface area (Å²) >= 11 is 0. The molecule has 0 fully saturated rings. The highest BCUT2D eigenvalue weighted by Crippen LogP contribution is 2.08. The largest absolute Gasteiger partial charge is 0.478 e. The Morgan fingerprint density at radius 2 is 2.12 bits per heavy atom. The fourth-order valence-electron chi connectivity index (χ4n) is 1.07. The molecule has 0 aliphatic heterocycles. The maximum atomic E-state index is 12.1. The van der Waals surface area contributed by atoms with Crippen molar-refractivity contribution in [3.63, 3.8) is 0 Å². The standard InChI is InChI=1S/C10H11F2N3O2/c1-15(6-8(11)12)10-13-4-7(5-14-10)2-3-9(16)17/h2-5,8H,6H2,1H3,(H,16,17)/b3-2+. The zero-order valence-electron chi connectivity index (χ0n) is 9.05. The van der Waals surface area contributed by atoms with E-state index in [0.29, 0.717) is 5.56 Å². The van der Waals surface area contributed by atoms with Crippen LogP contribution in [0.15, 0.2) is 18.5 Å². The van der Waals surface area contributed by atoms with Crippen LogP contribution in [0.25, 0.3) is 6.08 Å². The first kappa shape index (κ1) is 13.0. The Kier molecular flexibility index (Phi) is 4.50. The lowest BCUT2D eigenvalue weighted by Crippen LogP contribution is -2.25. The monoisotopic (exact) mass is 243 g/mol. The molecule has 0 unspecified atom stereocenters. The molecular weight excluding hydrogens is 232 g/mol. The van der Waals surface area contributed by atoms with Crippen molar-refractivity contribution in [2.75, 3.05) is 18.5 Å². The van der Waals surface area contributed by atoms with Gasteiger partial charge in [0.05, 0.1) is 6.54 Å². The van der Waals surface area contributed by atoms with Crippen molar-refractivity contribution in [3.8, 4) is 0 Å². The Morgan fingerprint density at radius 3 is 2.59 bits per heavy atom. The smallest absolute Gasteiger partial charge is 0.328 e. The lowest BCUT2D eigenvalue weighted by molar-refractivity contribution is -0.131. The van der Waals surface area contributed by atoms with E-state index in [9.17, 15) is 13.6 Å². The average molecular weight is 243 g/mol. The molecule has 1 aromatic rings. The summed E-state index contributed by atoms with van der Waals surface area (Å²) in [4.78, 5) is 19.2. The number of hydrogen-bond donors (Lipinski definition) is 1. The highest BCUT2D eigenvalue weighted by Gasteiger charge is 2.10. The van der Waals surface area contributed by atoms with Crippen molar-refractivity contribution >= 4 is 18.0 Å². The van der Waals surface area contributed by atoms with Crippen molar-refractivity contribution in [2.45, 2.75) is 6.43 Å². The first-order chi connectivity index (χ1) is 7.99. The van der Waals surface area contributed by atoms with E-state index in [0.717, 1.165) is 6.08 Å². The van der Waals surface area contributed by atoms with Gasteiger partial charge in [0.2, 0.25) is 5.95 Å². The van der Waals surface area contributed by atoms with E-state index in [-0.39, 0.29) is 5.95 Å². The third-order valence-corrected chi connectivity index (χ3v) is 1.83. The summed E-state index contributed by atoms with van der Waals surface area (Å²) < 4.78 is 24.2. The predicted molar refractivity (Wildman–Crippen MR) is 58.0 cm³/mol. The van der Waals surface area contributed by atoms with Crippen molar-refractivity contribution in [1.29, 1.82) is 0 Å². The molecule has 17 heavy (non-hydrogen) atoms. The van der Waals surface area contributed by atoms with Gasteiger partial charge in [0.1, 0.15) is 0 Å². The predicted octanol–water partition coefficient (Wildman–Crippen LogP) is 1.28. The van der Waals surface area contributed by atoms with Gasteiger partial charge in [-0.15, -0.1) is 0 Å². The molecule has 5 nitrogen and oxygen atoms in total. The molecule has 0 saturated carbocycles. The zero-order chi connectivity index (χ0) is 12.8. The van der Waals surface area contributed by atoms with Crippen molar-refractivity contribution in [1.82, 2.24) is 9.97 Å². The Bertz CT molecular complexity index is 407. The van der Waals surface area contributed by atoms with E-state index in [4.69, 9.17) is 5.11 Å². The summed E-state index contributed by atoms with van der Waals surface area (Å²) in [5.74, 6) is -0.915. The number of anilines is 1. The van der Waals surface area contributed by atoms with E-state index < -0.39 is 18.9 Å². The molecule has 1 rings (SSSR count). The summed E-state index contributed by atoms with van der Waals surface area (Å²) in [7, 11) is 1.45. The number of halogens is 2. The molecule has 1 heterocycles. The number of hydrogen-bond acceptors (Lipinski definition) is 4. The minimum atomic E-state index is -2.46. The maximum absolute atomic E-state index is 12.1. The van der Waals surface area contributed by atoms with Gasteiger partial charge >= 0.3 is 5.97 Å². The fraction of sp³-hybridized carbons (Fsp3) is 0.300. The second-order valence-electron chi connectivity index (χ2n) is 3.26. The number of carboxylic acids is 1. The number of aromatic nitrogens is 2. The van der Waals surface area contributed by atoms with Crippen molar-refractivity contribution in [3.05, 3.63) is 24.0 Å². The number of alkyl halides is 2. The molecule has 0 aliphatic rings. The molecule has 0 aromatic carbocycles. The Morgan fingerprint density at radius 1 is 1.53 bits per heavy atom. The molecule has 1 N–H and O–H groups in total. The van der Waals surface area contributed by atoms with Crippen LogP contribution in [0.5, 0.6) is 0 Å². The van der Waals surface area contributed by atoms with Crippen molar-refractivity contribution < 1.29 is 18.7 Å². The number of rotatable bonds is 5. The van der Waals surface area contributed by atoms with Gasteiger partial charge < -0.3 is 10.0 Å². The fourth-order valence-corrected chi connectivity index (χ4v) is 1.07. The molecule has 0 bridgehead atoms. The lowest BCUT2D eigenvalue weighted by Gasteiger charge is -2.15. The molecule has 1 aromatic heterocycles. The molecule has 0 atom stereocenters. The summed E-state index contributed by atoms with van der Waals surface area (Å²) in [6.07, 6.45) is 2.53. The molecular formula is C10H11F2N3O2. The summed E-state index contributed by atoms with van der Waals surface area (Å²) in [5, 5.41) is 8.40. The number of carboxylic acid groups (broad SMARTS) is 1. The number of nitrogens with zero attached hydrogens (tertiary/aromatic N) is 3. The third-order valence-electron chi connectivity index (χ3n) is 1.83. The van der Waals surface area contributed by atoms with Crippen LogP contribution in [-0.2, 0) is 4.79 Å². The van der Waals surface area contributed by atoms with Gasteiger partial charge in [0, 0.05) is 31.1 Å². The van der Waals surface area contributed by atoms with E-state index in [1.54, 1.807) is 0 Å². The Balaban J connectivity index is 2.70. The van der Waals surface area contributed by atoms with Gasteiger partial charge in [-0.1, -0.05) is 0 Å². The Hall–Kier alpha value is -2.05. The van der Waals surface area contributed by atoms with Crippen LogP contribution < -0.4 is 4.90 Å². The molecule has 7 heteroatoms. The van der Waals surface area contributed by atoms with E-state index >= 15 is 0 Å². The third kappa shape index (κ3) is 4.54. The Labute approximate surface area is 96.4 Å². The maximum Gasteiger partial charge on any atom is 0.328 e. The minimum absolute atomic E-state index is 0.165. The van der Waals surface area contributed by atoms with Crippen LogP contribution >= 0.6 is 0 Å². The SMILES string of the molecule is CN(CC(F)F)c1ncc(/C=C/C(=O)O)cn1. The van der Waals surface area contributed by atoms with Crippen LogP contribution in [0.2, 0.25) is 0 Å². The van der Waals surface area contributed by atoms with Crippen molar-refractivity contribution in [2.24, 2.45) is 0 Å². The van der Waals surface area contributed by atoms with Gasteiger partial charge in [-0.25, -0.2) is 23.5 Å². The first-order valence-electron chi connectivity index (χ1n) is 4.71. The molecule has 0 saturated heterocycles. The summed E-state index contributed by atoms with van der Waals surface area (Å²) in [6.45, 7) is -0.454. The molecule has 0 radical (unpaired) electrons. The van der Waals surface area contributed by atoms with Gasteiger partial charge in [-0.05, 0) is 6.08 Å². The van der Waals surface area contributed by atoms with Crippen LogP contribution in [0.1, 0.15) is 5.56 Å². The second-order valence-corrected chi connectivity index (χ2v) is 3.26. The van der Waals surface area contributed by atoms with E-state index in [1.807, 2.05) is 0 Å². The van der Waals surface area contributed by atoms with Crippen LogP contribution in [-0.4, -0.2) is 41.1 Å². The number of aliphatic carboxylic acids is 1. The topological polar surface area (TPSA) is 66.3 Å². The zero-order valence-corrected chi connectivity index (χ0v) is 9.05. The molecule has 0 aliphatic carbocycles. The normalized spacial score (nSPS) is 11.1. The molecule has 92 valence electrons. The quantitative estimate of drug-likeness (QED) is 0.789. The summed E-state index contributed by atoms with van der Waals surface area (Å²) in [6, 6.07) is 0.